The van der Waals surface area contributed by atoms with Gasteiger partial charge >= 0.3 is 5.97 Å². The number of nitrogens with zero attached hydrogens (tertiary/aromatic N) is 2. The number of carboxylic acids is 1. The van der Waals surface area contributed by atoms with Crippen LogP contribution in [0.5, 0.6) is 0 Å². The van der Waals surface area contributed by atoms with Crippen molar-refractivity contribution >= 4 is 5.97 Å². The highest BCUT2D eigenvalue weighted by Gasteiger charge is 2.18. The molecule has 0 amide bonds. The summed E-state index contributed by atoms with van der Waals surface area (Å²) in [5.74, 6) is -0.784. The molecule has 0 bridgehead atoms. The lowest BCUT2D eigenvalue weighted by Gasteiger charge is -2.36. The first-order valence-electron chi connectivity index (χ1n) is 6.43. The first kappa shape index (κ1) is 14.2. The summed E-state index contributed by atoms with van der Waals surface area (Å²) in [4.78, 5) is 15.6. The minimum Gasteiger partial charge on any atom is -0.478 e. The van der Waals surface area contributed by atoms with Crippen LogP contribution in [0.2, 0.25) is 0 Å². The van der Waals surface area contributed by atoms with Crippen molar-refractivity contribution in [3.05, 3.63) is 11.6 Å². The molecular weight excluding hydrogens is 216 g/mol. The number of carboxylic acid groups (broad SMARTS) is 1. The van der Waals surface area contributed by atoms with Gasteiger partial charge in [-0.3, -0.25) is 9.80 Å². The first-order valence-corrected chi connectivity index (χ1v) is 6.43. The van der Waals surface area contributed by atoms with E-state index in [9.17, 15) is 4.79 Å². The van der Waals surface area contributed by atoms with E-state index in [2.05, 4.69) is 23.6 Å². The molecule has 4 nitrogen and oxygen atoms in total. The molecule has 4 heteroatoms. The predicted octanol–water partition coefficient (Wildman–Crippen LogP) is 1.43. The van der Waals surface area contributed by atoms with Crippen molar-refractivity contribution in [1.29, 1.82) is 0 Å². The largest absolute Gasteiger partial charge is 0.478 e. The topological polar surface area (TPSA) is 43.8 Å². The van der Waals surface area contributed by atoms with Crippen molar-refractivity contribution < 1.29 is 9.90 Å². The molecule has 0 aromatic carbocycles. The van der Waals surface area contributed by atoms with Gasteiger partial charge in [-0.25, -0.2) is 4.79 Å². The maximum atomic E-state index is 10.8. The van der Waals surface area contributed by atoms with Gasteiger partial charge in [-0.1, -0.05) is 13.0 Å². The van der Waals surface area contributed by atoms with Crippen molar-refractivity contribution in [2.45, 2.75) is 33.2 Å². The molecule has 1 heterocycles. The van der Waals surface area contributed by atoms with Crippen LogP contribution >= 0.6 is 0 Å². The molecule has 0 saturated carbocycles. The standard InChI is InChI=1S/C13H24N2O2/c1-4-12(13(16)17)5-6-14-7-9-15(10-8-14)11(2)3/h5,11H,4,6-10H2,1-3H3,(H,16,17). The quantitative estimate of drug-likeness (QED) is 0.738. The fourth-order valence-electron chi connectivity index (χ4n) is 2.08. The van der Waals surface area contributed by atoms with E-state index in [-0.39, 0.29) is 0 Å². The fraction of sp³-hybridized carbons (Fsp3) is 0.769. The number of rotatable bonds is 5. The maximum absolute atomic E-state index is 10.8. The van der Waals surface area contributed by atoms with Crippen LogP contribution in [0, 0.1) is 0 Å². The number of aliphatic carboxylic acids is 1. The summed E-state index contributed by atoms with van der Waals surface area (Å²) in [5, 5.41) is 8.92. The van der Waals surface area contributed by atoms with Crippen LogP contribution in [-0.4, -0.2) is 59.6 Å². The molecule has 0 aromatic rings. The van der Waals surface area contributed by atoms with E-state index in [1.807, 2.05) is 13.0 Å². The molecule has 0 aliphatic carbocycles. The average Bonchev–Trinajstić information content (AvgIpc) is 2.30. The minimum atomic E-state index is -0.784. The Labute approximate surface area is 104 Å². The van der Waals surface area contributed by atoms with Crippen LogP contribution in [0.3, 0.4) is 0 Å². The molecule has 1 saturated heterocycles. The van der Waals surface area contributed by atoms with Crippen LogP contribution in [0.4, 0.5) is 0 Å². The van der Waals surface area contributed by atoms with Gasteiger partial charge < -0.3 is 5.11 Å². The molecule has 98 valence electrons. The highest BCUT2D eigenvalue weighted by molar-refractivity contribution is 5.86. The van der Waals surface area contributed by atoms with Crippen LogP contribution in [0.15, 0.2) is 11.6 Å². The zero-order chi connectivity index (χ0) is 12.8. The summed E-state index contributed by atoms with van der Waals surface area (Å²) in [7, 11) is 0. The Balaban J connectivity index is 2.38. The van der Waals surface area contributed by atoms with Crippen LogP contribution < -0.4 is 0 Å². The Hall–Kier alpha value is -0.870. The summed E-state index contributed by atoms with van der Waals surface area (Å²) in [5.41, 5.74) is 0.524. The second-order valence-corrected chi connectivity index (χ2v) is 4.82. The fourth-order valence-corrected chi connectivity index (χ4v) is 2.08. The summed E-state index contributed by atoms with van der Waals surface area (Å²) < 4.78 is 0. The van der Waals surface area contributed by atoms with Gasteiger partial charge in [0.25, 0.3) is 0 Å². The lowest BCUT2D eigenvalue weighted by Crippen LogP contribution is -2.48. The summed E-state index contributed by atoms with van der Waals surface area (Å²) in [6, 6.07) is 0.609. The molecule has 1 fully saturated rings. The molecule has 1 N–H and O–H groups in total. The van der Waals surface area contributed by atoms with Crippen molar-refractivity contribution in [2.75, 3.05) is 32.7 Å². The maximum Gasteiger partial charge on any atom is 0.331 e. The molecule has 17 heavy (non-hydrogen) atoms. The Morgan fingerprint density at radius 1 is 1.29 bits per heavy atom. The van der Waals surface area contributed by atoms with Gasteiger partial charge in [0.1, 0.15) is 0 Å². The van der Waals surface area contributed by atoms with Gasteiger partial charge in [0.2, 0.25) is 0 Å². The third-order valence-electron chi connectivity index (χ3n) is 3.39. The monoisotopic (exact) mass is 240 g/mol. The first-order chi connectivity index (χ1) is 8.04. The van der Waals surface area contributed by atoms with Gasteiger partial charge in [0.15, 0.2) is 0 Å². The average molecular weight is 240 g/mol. The van der Waals surface area contributed by atoms with Crippen molar-refractivity contribution in [1.82, 2.24) is 9.80 Å². The molecule has 0 spiro atoms. The van der Waals surface area contributed by atoms with Crippen LogP contribution in [0.1, 0.15) is 27.2 Å². The predicted molar refractivity (Wildman–Crippen MR) is 69.2 cm³/mol. The Morgan fingerprint density at radius 2 is 1.88 bits per heavy atom. The molecule has 1 aliphatic rings. The molecule has 1 rings (SSSR count). The summed E-state index contributed by atoms with van der Waals surface area (Å²) >= 11 is 0. The van der Waals surface area contributed by atoms with Crippen molar-refractivity contribution in [3.63, 3.8) is 0 Å². The molecule has 0 atom stereocenters. The Bertz CT molecular complexity index is 279. The van der Waals surface area contributed by atoms with E-state index in [1.54, 1.807) is 0 Å². The number of piperazine rings is 1. The lowest BCUT2D eigenvalue weighted by molar-refractivity contribution is -0.132. The Morgan fingerprint density at radius 3 is 2.29 bits per heavy atom. The molecule has 0 aromatic heterocycles. The highest BCUT2D eigenvalue weighted by Crippen LogP contribution is 2.07. The van der Waals surface area contributed by atoms with E-state index in [4.69, 9.17) is 5.11 Å². The molecule has 1 aliphatic heterocycles. The SMILES string of the molecule is CCC(=CCN1CCN(C(C)C)CC1)C(=O)O. The summed E-state index contributed by atoms with van der Waals surface area (Å²) in [6.07, 6.45) is 2.45. The third-order valence-corrected chi connectivity index (χ3v) is 3.39. The van der Waals surface area contributed by atoms with E-state index < -0.39 is 5.97 Å². The minimum absolute atomic E-state index is 0.524. The zero-order valence-electron chi connectivity index (χ0n) is 11.1. The second-order valence-electron chi connectivity index (χ2n) is 4.82. The number of hydrogen-bond acceptors (Lipinski definition) is 3. The van der Waals surface area contributed by atoms with E-state index in [1.165, 1.54) is 0 Å². The third kappa shape index (κ3) is 4.48. The van der Waals surface area contributed by atoms with Gasteiger partial charge in [0.05, 0.1) is 0 Å². The second kappa shape index (κ2) is 6.77. The van der Waals surface area contributed by atoms with Gasteiger partial charge in [-0.2, -0.15) is 0 Å². The van der Waals surface area contributed by atoms with Gasteiger partial charge in [0, 0.05) is 44.3 Å². The molecule has 0 radical (unpaired) electrons. The smallest absolute Gasteiger partial charge is 0.331 e. The molecule has 0 unspecified atom stereocenters. The van der Waals surface area contributed by atoms with Crippen molar-refractivity contribution in [3.8, 4) is 0 Å². The number of carbonyl (C=O) groups is 1. The normalized spacial score (nSPS) is 19.9. The summed E-state index contributed by atoms with van der Waals surface area (Å²) in [6.45, 7) is 11.3. The van der Waals surface area contributed by atoms with Crippen LogP contribution in [-0.2, 0) is 4.79 Å². The van der Waals surface area contributed by atoms with Crippen molar-refractivity contribution in [2.24, 2.45) is 0 Å². The van der Waals surface area contributed by atoms with Gasteiger partial charge in [-0.05, 0) is 20.3 Å². The highest BCUT2D eigenvalue weighted by atomic mass is 16.4. The Kier molecular flexibility index (Phi) is 5.65. The van der Waals surface area contributed by atoms with E-state index in [0.29, 0.717) is 18.0 Å². The van der Waals surface area contributed by atoms with Gasteiger partial charge in [-0.15, -0.1) is 0 Å². The lowest BCUT2D eigenvalue weighted by atomic mass is 10.2. The number of hydrogen-bond donors (Lipinski definition) is 1. The zero-order valence-corrected chi connectivity index (χ0v) is 11.1. The van der Waals surface area contributed by atoms with E-state index in [0.717, 1.165) is 32.7 Å². The van der Waals surface area contributed by atoms with E-state index >= 15 is 0 Å². The molecular formula is C13H24N2O2. The van der Waals surface area contributed by atoms with Crippen LogP contribution in [0.25, 0.3) is 0 Å².